The summed E-state index contributed by atoms with van der Waals surface area (Å²) in [4.78, 5) is 0. The second-order valence-electron chi connectivity index (χ2n) is 5.03. The van der Waals surface area contributed by atoms with Gasteiger partial charge in [0.2, 0.25) is 0 Å². The Bertz CT molecular complexity index is 515. The first-order valence-corrected chi connectivity index (χ1v) is 7.56. The lowest BCUT2D eigenvalue weighted by Crippen LogP contribution is -2.37. The molecule has 0 amide bonds. The molecule has 0 aliphatic heterocycles. The molecule has 0 saturated carbocycles. The number of hydrogen-bond donors (Lipinski definition) is 2. The summed E-state index contributed by atoms with van der Waals surface area (Å²) >= 11 is 3.38. The van der Waals surface area contributed by atoms with E-state index in [0.717, 1.165) is 16.6 Å². The molecule has 1 heterocycles. The molecule has 2 atom stereocenters. The molecule has 2 rings (SSSR count). The van der Waals surface area contributed by atoms with Crippen molar-refractivity contribution in [2.45, 2.75) is 32.0 Å². The smallest absolute Gasteiger partial charge is 0.0704 e. The van der Waals surface area contributed by atoms with Gasteiger partial charge >= 0.3 is 0 Å². The fourth-order valence-electron chi connectivity index (χ4n) is 2.08. The van der Waals surface area contributed by atoms with Gasteiger partial charge < -0.3 is 10.4 Å². The number of aliphatic hydroxyl groups excluding tert-OH is 1. The molecular weight excluding hydrogens is 318 g/mol. The zero-order chi connectivity index (χ0) is 14.4. The van der Waals surface area contributed by atoms with Crippen molar-refractivity contribution in [1.29, 1.82) is 0 Å². The summed E-state index contributed by atoms with van der Waals surface area (Å²) in [5.74, 6) is 0. The van der Waals surface area contributed by atoms with Crippen LogP contribution in [0, 0.1) is 0 Å². The van der Waals surface area contributed by atoms with Gasteiger partial charge in [0.25, 0.3) is 0 Å². The van der Waals surface area contributed by atoms with Crippen molar-refractivity contribution in [1.82, 2.24) is 15.1 Å². The number of hydrogen-bond acceptors (Lipinski definition) is 3. The zero-order valence-corrected chi connectivity index (χ0v) is 13.1. The molecule has 20 heavy (non-hydrogen) atoms. The molecule has 2 N–H and O–H groups in total. The molecule has 2 aromatic rings. The summed E-state index contributed by atoms with van der Waals surface area (Å²) in [5, 5.41) is 17.6. The molecule has 5 heteroatoms. The van der Waals surface area contributed by atoms with Crippen molar-refractivity contribution in [2.75, 3.05) is 6.54 Å². The lowest BCUT2D eigenvalue weighted by atomic mass is 10.1. The van der Waals surface area contributed by atoms with Gasteiger partial charge in [-0.25, -0.2) is 0 Å². The van der Waals surface area contributed by atoms with E-state index in [1.807, 2.05) is 41.2 Å². The quantitative estimate of drug-likeness (QED) is 0.814. The molecule has 108 valence electrons. The van der Waals surface area contributed by atoms with Crippen LogP contribution in [0.2, 0.25) is 0 Å². The topological polar surface area (TPSA) is 50.1 Å². The minimum atomic E-state index is -0.371. The van der Waals surface area contributed by atoms with Crippen LogP contribution in [0.25, 0.3) is 0 Å². The fraction of sp³-hybridized carbons (Fsp3) is 0.400. The van der Waals surface area contributed by atoms with Gasteiger partial charge in [0, 0.05) is 18.8 Å². The number of rotatable bonds is 7. The van der Waals surface area contributed by atoms with E-state index in [2.05, 4.69) is 33.3 Å². The predicted octanol–water partition coefficient (Wildman–Crippen LogP) is 2.23. The molecule has 1 aromatic heterocycles. The van der Waals surface area contributed by atoms with Gasteiger partial charge in [-0.3, -0.25) is 4.68 Å². The van der Waals surface area contributed by atoms with Crippen LogP contribution < -0.4 is 5.32 Å². The minimum Gasteiger partial charge on any atom is -0.391 e. The van der Waals surface area contributed by atoms with Crippen LogP contribution in [0.15, 0.2) is 47.2 Å². The van der Waals surface area contributed by atoms with Crippen molar-refractivity contribution in [3.8, 4) is 0 Å². The summed E-state index contributed by atoms with van der Waals surface area (Å²) < 4.78 is 2.86. The molecule has 0 aliphatic rings. The maximum Gasteiger partial charge on any atom is 0.0704 e. The monoisotopic (exact) mass is 337 g/mol. The first kappa shape index (κ1) is 15.2. The lowest BCUT2D eigenvalue weighted by Gasteiger charge is -2.17. The molecule has 0 saturated heterocycles. The Morgan fingerprint density at radius 3 is 2.75 bits per heavy atom. The van der Waals surface area contributed by atoms with Crippen LogP contribution in [-0.4, -0.2) is 33.6 Å². The van der Waals surface area contributed by atoms with Gasteiger partial charge in [-0.15, -0.1) is 0 Å². The van der Waals surface area contributed by atoms with Crippen LogP contribution in [0.1, 0.15) is 12.5 Å². The van der Waals surface area contributed by atoms with Crippen molar-refractivity contribution < 1.29 is 5.11 Å². The van der Waals surface area contributed by atoms with Crippen molar-refractivity contribution in [3.05, 3.63) is 52.8 Å². The average Bonchev–Trinajstić information content (AvgIpc) is 2.83. The largest absolute Gasteiger partial charge is 0.391 e. The van der Waals surface area contributed by atoms with E-state index in [9.17, 15) is 5.11 Å². The number of aromatic nitrogens is 2. The van der Waals surface area contributed by atoms with E-state index < -0.39 is 0 Å². The van der Waals surface area contributed by atoms with Gasteiger partial charge in [-0.05, 0) is 34.8 Å². The highest BCUT2D eigenvalue weighted by atomic mass is 79.9. The number of nitrogens with one attached hydrogen (secondary N) is 1. The standard InChI is InChI=1S/C15H20BrN3O/c1-12(10-19-11-14(16)8-18-19)17-9-15(20)7-13-5-3-2-4-6-13/h2-6,8,11-12,15,17,20H,7,9-10H2,1H3/t12-,15+/m0/s1. The van der Waals surface area contributed by atoms with Crippen LogP contribution in [0.3, 0.4) is 0 Å². The highest BCUT2D eigenvalue weighted by Gasteiger charge is 2.09. The molecule has 4 nitrogen and oxygen atoms in total. The number of benzene rings is 1. The maximum atomic E-state index is 10.0. The second kappa shape index (κ2) is 7.57. The van der Waals surface area contributed by atoms with Gasteiger partial charge in [-0.2, -0.15) is 5.10 Å². The van der Waals surface area contributed by atoms with Crippen molar-refractivity contribution in [3.63, 3.8) is 0 Å². The maximum absolute atomic E-state index is 10.0. The Morgan fingerprint density at radius 1 is 1.35 bits per heavy atom. The Balaban J connectivity index is 1.71. The molecular formula is C15H20BrN3O. The number of nitrogens with zero attached hydrogens (tertiary/aromatic N) is 2. The molecule has 0 bridgehead atoms. The first-order chi connectivity index (χ1) is 9.63. The Morgan fingerprint density at radius 2 is 2.10 bits per heavy atom. The van der Waals surface area contributed by atoms with E-state index >= 15 is 0 Å². The van der Waals surface area contributed by atoms with Gasteiger partial charge in [0.05, 0.1) is 23.3 Å². The van der Waals surface area contributed by atoms with Crippen LogP contribution in [0.4, 0.5) is 0 Å². The summed E-state index contributed by atoms with van der Waals surface area (Å²) in [7, 11) is 0. The SMILES string of the molecule is C[C@@H](Cn1cc(Br)cn1)NC[C@H](O)Cc1ccccc1. The molecule has 0 radical (unpaired) electrons. The molecule has 1 aromatic carbocycles. The molecule has 0 unspecified atom stereocenters. The highest BCUT2D eigenvalue weighted by Crippen LogP contribution is 2.07. The van der Waals surface area contributed by atoms with Crippen LogP contribution in [-0.2, 0) is 13.0 Å². The third-order valence-electron chi connectivity index (χ3n) is 3.08. The lowest BCUT2D eigenvalue weighted by molar-refractivity contribution is 0.166. The summed E-state index contributed by atoms with van der Waals surface area (Å²) in [6.45, 7) is 3.45. The van der Waals surface area contributed by atoms with E-state index in [0.29, 0.717) is 13.0 Å². The van der Waals surface area contributed by atoms with Gasteiger partial charge in [0.1, 0.15) is 0 Å². The third-order valence-corrected chi connectivity index (χ3v) is 3.49. The van der Waals surface area contributed by atoms with Gasteiger partial charge in [0.15, 0.2) is 0 Å². The Hall–Kier alpha value is -1.17. The first-order valence-electron chi connectivity index (χ1n) is 6.77. The van der Waals surface area contributed by atoms with E-state index in [-0.39, 0.29) is 12.1 Å². The molecule has 0 aliphatic carbocycles. The number of aliphatic hydroxyl groups is 1. The van der Waals surface area contributed by atoms with E-state index in [1.165, 1.54) is 0 Å². The zero-order valence-electron chi connectivity index (χ0n) is 11.5. The second-order valence-corrected chi connectivity index (χ2v) is 5.95. The van der Waals surface area contributed by atoms with Crippen molar-refractivity contribution >= 4 is 15.9 Å². The normalized spacial score (nSPS) is 14.2. The predicted molar refractivity (Wildman–Crippen MR) is 83.5 cm³/mol. The minimum absolute atomic E-state index is 0.257. The summed E-state index contributed by atoms with van der Waals surface area (Å²) in [6.07, 6.45) is 4.02. The third kappa shape index (κ3) is 5.07. The molecule has 0 spiro atoms. The number of halogens is 1. The molecule has 0 fully saturated rings. The van der Waals surface area contributed by atoms with Crippen molar-refractivity contribution in [2.24, 2.45) is 0 Å². The van der Waals surface area contributed by atoms with Crippen LogP contribution in [0.5, 0.6) is 0 Å². The summed E-state index contributed by atoms with van der Waals surface area (Å²) in [5.41, 5.74) is 1.16. The van der Waals surface area contributed by atoms with E-state index in [4.69, 9.17) is 0 Å². The Kier molecular flexibility index (Phi) is 5.76. The van der Waals surface area contributed by atoms with Crippen LogP contribution >= 0.6 is 15.9 Å². The fourth-order valence-corrected chi connectivity index (χ4v) is 2.41. The van der Waals surface area contributed by atoms with E-state index in [1.54, 1.807) is 6.20 Å². The highest BCUT2D eigenvalue weighted by molar-refractivity contribution is 9.10. The summed E-state index contributed by atoms with van der Waals surface area (Å²) in [6, 6.07) is 10.3. The average molecular weight is 338 g/mol. The Labute approximate surface area is 127 Å². The van der Waals surface area contributed by atoms with Gasteiger partial charge in [-0.1, -0.05) is 30.3 Å².